The van der Waals surface area contributed by atoms with Crippen LogP contribution in [0.2, 0.25) is 0 Å². The number of nitrogens with zero attached hydrogens (tertiary/aromatic N) is 2. The minimum atomic E-state index is -0.242. The first kappa shape index (κ1) is 43.0. The molecule has 2 nitrogen and oxygen atoms in total. The third-order valence-corrected chi connectivity index (χ3v) is 18.6. The summed E-state index contributed by atoms with van der Waals surface area (Å²) < 4.78 is 2.51. The molecule has 4 aliphatic carbocycles. The van der Waals surface area contributed by atoms with Crippen molar-refractivity contribution in [3.05, 3.63) is 251 Å². The van der Waals surface area contributed by atoms with Gasteiger partial charge >= 0.3 is 0 Å². The zero-order valence-electron chi connectivity index (χ0n) is 43.4. The second-order valence-electron chi connectivity index (χ2n) is 23.6. The number of hydrogen-bond donors (Lipinski definition) is 0. The maximum Gasteiger partial charge on any atom is 0.0550 e. The highest BCUT2D eigenvalue weighted by Crippen LogP contribution is 2.56. The van der Waals surface area contributed by atoms with E-state index in [1.54, 1.807) is 0 Å². The lowest BCUT2D eigenvalue weighted by molar-refractivity contribution is 0.659. The van der Waals surface area contributed by atoms with E-state index >= 15 is 0 Å². The average Bonchev–Trinajstić information content (AvgIpc) is 4.07. The second-order valence-corrected chi connectivity index (χ2v) is 23.6. The lowest BCUT2D eigenvalue weighted by atomic mass is 9.80. The number of aromatic nitrogens is 1. The van der Waals surface area contributed by atoms with Gasteiger partial charge in [-0.3, -0.25) is 0 Å². The summed E-state index contributed by atoms with van der Waals surface area (Å²) in [6.45, 7) is 14.4. The molecule has 0 bridgehead atoms. The molecule has 2 heteroatoms. The van der Waals surface area contributed by atoms with Crippen LogP contribution in [0.3, 0.4) is 0 Å². The van der Waals surface area contributed by atoms with Gasteiger partial charge in [0.05, 0.1) is 11.0 Å². The fraction of sp³-hybridized carbons (Fsp3) is 0.151. The van der Waals surface area contributed by atoms with Gasteiger partial charge in [0.15, 0.2) is 0 Å². The van der Waals surface area contributed by atoms with Crippen molar-refractivity contribution in [2.45, 2.75) is 70.6 Å². The molecule has 16 rings (SSSR count). The number of fused-ring (bicyclic) bond motifs is 13. The fourth-order valence-corrected chi connectivity index (χ4v) is 14.9. The smallest absolute Gasteiger partial charge is 0.0550 e. The first-order valence-electron chi connectivity index (χ1n) is 27.0. The topological polar surface area (TPSA) is 8.17 Å². The monoisotopic (exact) mass is 960 g/mol. The van der Waals surface area contributed by atoms with Gasteiger partial charge in [-0.05, 0) is 196 Å². The Morgan fingerprint density at radius 3 is 1.48 bits per heavy atom. The van der Waals surface area contributed by atoms with Gasteiger partial charge in [0.2, 0.25) is 0 Å². The van der Waals surface area contributed by atoms with Crippen LogP contribution >= 0.6 is 0 Å². The molecule has 75 heavy (non-hydrogen) atoms. The Bertz CT molecular complexity index is 4500. The van der Waals surface area contributed by atoms with Crippen molar-refractivity contribution in [1.29, 1.82) is 0 Å². The largest absolute Gasteiger partial charge is 0.310 e. The molecule has 0 radical (unpaired) electrons. The molecule has 0 atom stereocenters. The normalized spacial score (nSPS) is 15.5. The lowest BCUT2D eigenvalue weighted by Gasteiger charge is -2.30. The number of aryl methyl sites for hydroxylation is 2. The van der Waals surface area contributed by atoms with Gasteiger partial charge in [-0.25, -0.2) is 0 Å². The Morgan fingerprint density at radius 1 is 0.347 bits per heavy atom. The zero-order chi connectivity index (χ0) is 50.3. The van der Waals surface area contributed by atoms with E-state index in [-0.39, 0.29) is 16.2 Å². The number of benzene rings is 11. The highest BCUT2D eigenvalue weighted by Gasteiger charge is 2.40. The van der Waals surface area contributed by atoms with Crippen molar-refractivity contribution < 1.29 is 0 Å². The van der Waals surface area contributed by atoms with Crippen molar-refractivity contribution >= 4 is 60.4 Å². The molecule has 1 aromatic heterocycles. The molecule has 4 aliphatic rings. The van der Waals surface area contributed by atoms with Gasteiger partial charge in [-0.2, -0.15) is 0 Å². The maximum atomic E-state index is 2.56. The van der Waals surface area contributed by atoms with Crippen LogP contribution in [0.5, 0.6) is 0 Å². The predicted octanol–water partition coefficient (Wildman–Crippen LogP) is 19.2. The Balaban J connectivity index is 0.890. The molecular weight excluding hydrogens is 905 g/mol. The van der Waals surface area contributed by atoms with Gasteiger partial charge in [-0.1, -0.05) is 175 Å². The molecule has 0 amide bonds. The van der Waals surface area contributed by atoms with E-state index in [2.05, 4.69) is 257 Å². The molecule has 0 aliphatic heterocycles. The van der Waals surface area contributed by atoms with Gasteiger partial charge in [-0.15, -0.1) is 0 Å². The van der Waals surface area contributed by atoms with Gasteiger partial charge in [0.1, 0.15) is 0 Å². The van der Waals surface area contributed by atoms with E-state index in [4.69, 9.17) is 0 Å². The summed E-state index contributed by atoms with van der Waals surface area (Å²) in [4.78, 5) is 2.56. The van der Waals surface area contributed by atoms with Gasteiger partial charge in [0, 0.05) is 49.8 Å². The highest BCUT2D eigenvalue weighted by molar-refractivity contribution is 6.22. The van der Waals surface area contributed by atoms with Crippen LogP contribution in [-0.4, -0.2) is 4.57 Å². The minimum absolute atomic E-state index is 0.0533. The molecule has 11 aromatic carbocycles. The summed E-state index contributed by atoms with van der Waals surface area (Å²) in [5.41, 5.74) is 28.5. The first-order valence-corrected chi connectivity index (χ1v) is 27.0. The van der Waals surface area contributed by atoms with Crippen molar-refractivity contribution in [2.24, 2.45) is 0 Å². The van der Waals surface area contributed by atoms with Crippen molar-refractivity contribution in [3.63, 3.8) is 0 Å². The number of para-hydroxylation sites is 1. The van der Waals surface area contributed by atoms with E-state index < -0.39 is 0 Å². The molecule has 0 fully saturated rings. The van der Waals surface area contributed by atoms with Crippen LogP contribution < -0.4 is 4.90 Å². The van der Waals surface area contributed by atoms with Crippen LogP contribution in [0.25, 0.3) is 93.5 Å². The van der Waals surface area contributed by atoms with Crippen LogP contribution in [0.1, 0.15) is 86.1 Å². The first-order chi connectivity index (χ1) is 36.4. The van der Waals surface area contributed by atoms with E-state index in [9.17, 15) is 0 Å². The third kappa shape index (κ3) is 5.75. The molecule has 0 saturated heterocycles. The quantitative estimate of drug-likeness (QED) is 0.156. The molecule has 1 heterocycles. The van der Waals surface area contributed by atoms with Crippen LogP contribution in [0.4, 0.5) is 17.1 Å². The van der Waals surface area contributed by atoms with E-state index in [1.165, 1.54) is 144 Å². The van der Waals surface area contributed by atoms with Gasteiger partial charge in [0.25, 0.3) is 0 Å². The summed E-state index contributed by atoms with van der Waals surface area (Å²) in [5, 5.41) is 8.15. The lowest BCUT2D eigenvalue weighted by Crippen LogP contribution is -2.18. The standard InChI is InChI=1S/C73H56N2/c1-71(2)60-21-12-10-19-52(60)54-31-26-45(37-62(54)71)46-27-32-55-57-35-29-51(42-65(57)73(5,6)63(55)38-46)74(50-28-34-56-53-20-11-13-22-61(53)72(3,4)64(56)41-50)49-30-36-66-59(40-49)70-58-33-25-44-16-14-15-43-23-24-47(69(58)68(43)44)39-67(70)75(66)48-17-8-7-9-18-48/h7-24,26-32,34-42H,25,33H2,1-6H3. The highest BCUT2D eigenvalue weighted by atomic mass is 15.1. The molecule has 0 unspecified atom stereocenters. The molecule has 12 aromatic rings. The van der Waals surface area contributed by atoms with Crippen molar-refractivity contribution in [2.75, 3.05) is 4.90 Å². The fourth-order valence-electron chi connectivity index (χ4n) is 14.9. The Labute approximate surface area is 439 Å². The van der Waals surface area contributed by atoms with Gasteiger partial charge < -0.3 is 9.47 Å². The zero-order valence-corrected chi connectivity index (χ0v) is 43.4. The Morgan fingerprint density at radius 2 is 0.853 bits per heavy atom. The van der Waals surface area contributed by atoms with Crippen LogP contribution in [0, 0.1) is 0 Å². The number of hydrogen-bond acceptors (Lipinski definition) is 1. The summed E-state index contributed by atoms with van der Waals surface area (Å²) in [5.74, 6) is 0. The molecule has 0 spiro atoms. The van der Waals surface area contributed by atoms with E-state index in [0.29, 0.717) is 0 Å². The minimum Gasteiger partial charge on any atom is -0.310 e. The molecular formula is C73H56N2. The maximum absolute atomic E-state index is 2.56. The Kier molecular flexibility index (Phi) is 8.52. The summed E-state index contributed by atoms with van der Waals surface area (Å²) in [6, 6.07) is 79.2. The average molecular weight is 961 g/mol. The summed E-state index contributed by atoms with van der Waals surface area (Å²) >= 11 is 0. The van der Waals surface area contributed by atoms with E-state index in [1.807, 2.05) is 0 Å². The Hall–Kier alpha value is -8.46. The van der Waals surface area contributed by atoms with Crippen molar-refractivity contribution in [1.82, 2.24) is 4.57 Å². The van der Waals surface area contributed by atoms with Crippen molar-refractivity contribution in [3.8, 4) is 50.2 Å². The summed E-state index contributed by atoms with van der Waals surface area (Å²) in [7, 11) is 0. The number of anilines is 3. The van der Waals surface area contributed by atoms with Crippen LogP contribution in [0.15, 0.2) is 206 Å². The number of rotatable bonds is 5. The van der Waals surface area contributed by atoms with Crippen LogP contribution in [-0.2, 0) is 29.1 Å². The SMILES string of the molecule is CC1(C)c2ccccc2-c2ccc(-c3ccc4c(c3)C(C)(C)c3cc(N(c5ccc6c(c5)C(C)(C)c5ccccc5-6)c5ccc6c(c5)c5c7c8c(ccc9cccc(c98)CC7)cc5n6-c5ccccc5)ccc3-4)cc21. The second kappa shape index (κ2) is 14.9. The predicted molar refractivity (Wildman–Crippen MR) is 316 cm³/mol. The summed E-state index contributed by atoms with van der Waals surface area (Å²) in [6.07, 6.45) is 2.04. The molecule has 0 N–H and O–H groups in total. The third-order valence-electron chi connectivity index (χ3n) is 18.6. The molecule has 358 valence electrons. The van der Waals surface area contributed by atoms with E-state index in [0.717, 1.165) is 24.2 Å². The molecule has 0 saturated carbocycles.